The van der Waals surface area contributed by atoms with Gasteiger partial charge in [0.05, 0.1) is 0 Å². The first-order valence-corrected chi connectivity index (χ1v) is 4.17. The lowest BCUT2D eigenvalue weighted by atomic mass is 10.2. The maximum atomic E-state index is 7.02. The quantitative estimate of drug-likeness (QED) is 0.706. The highest BCUT2D eigenvalue weighted by Crippen LogP contribution is 2.19. The van der Waals surface area contributed by atoms with Gasteiger partial charge in [-0.15, -0.1) is 0 Å². The third-order valence-electron chi connectivity index (χ3n) is 1.43. The molecule has 1 aromatic rings. The highest BCUT2D eigenvalue weighted by Gasteiger charge is 1.97. The molecule has 0 unspecified atom stereocenters. The second-order valence-corrected chi connectivity index (χ2v) is 3.23. The van der Waals surface area contributed by atoms with E-state index >= 15 is 0 Å². The Morgan fingerprint density at radius 1 is 1.58 bits per heavy atom. The average molecular weight is 200 g/mol. The molecule has 1 aromatic carbocycles. The molecule has 12 heavy (non-hydrogen) atoms. The van der Waals surface area contributed by atoms with Crippen LogP contribution >= 0.6 is 23.8 Å². The van der Waals surface area contributed by atoms with E-state index < -0.39 is 0 Å². The number of hydrogen-bond acceptors (Lipinski definition) is 1. The Hall–Kier alpha value is -0.800. The highest BCUT2D eigenvalue weighted by molar-refractivity contribution is 7.80. The van der Waals surface area contributed by atoms with Crippen molar-refractivity contribution in [3.8, 4) is 0 Å². The molecule has 63 valence electrons. The standard InChI is InChI=1S/C8H8ClN2S/c1-5-2-3-6(4-7(5)9)11-8(10)12/h2-4,10H,1H3,(H,11,12). The smallest absolute Gasteiger partial charge is 0.189 e. The van der Waals surface area contributed by atoms with Gasteiger partial charge in [0, 0.05) is 10.7 Å². The van der Waals surface area contributed by atoms with Crippen LogP contribution in [-0.2, 0) is 0 Å². The van der Waals surface area contributed by atoms with Crippen molar-refractivity contribution in [2.45, 2.75) is 6.92 Å². The van der Waals surface area contributed by atoms with E-state index in [4.69, 9.17) is 17.3 Å². The Bertz CT molecular complexity index is 312. The second-order valence-electron chi connectivity index (χ2n) is 2.42. The molecule has 1 rings (SSSR count). The fourth-order valence-corrected chi connectivity index (χ4v) is 1.10. The zero-order valence-electron chi connectivity index (χ0n) is 6.52. The summed E-state index contributed by atoms with van der Waals surface area (Å²) in [5, 5.41) is 3.36. The summed E-state index contributed by atoms with van der Waals surface area (Å²) in [5.74, 6) is 0. The van der Waals surface area contributed by atoms with Crippen molar-refractivity contribution in [3.63, 3.8) is 0 Å². The fourth-order valence-electron chi connectivity index (χ4n) is 0.802. The molecular formula is C8H8ClN2S. The molecule has 2 nitrogen and oxygen atoms in total. The topological polar surface area (TPSA) is 35.8 Å². The molecule has 0 aliphatic carbocycles. The summed E-state index contributed by atoms with van der Waals surface area (Å²) in [7, 11) is 0. The van der Waals surface area contributed by atoms with Crippen molar-refractivity contribution in [2.24, 2.45) is 0 Å². The van der Waals surface area contributed by atoms with Gasteiger partial charge in [-0.2, -0.15) is 0 Å². The van der Waals surface area contributed by atoms with Gasteiger partial charge in [0.15, 0.2) is 5.11 Å². The molecule has 0 heterocycles. The lowest BCUT2D eigenvalue weighted by molar-refractivity contribution is 1.46. The van der Waals surface area contributed by atoms with E-state index in [0.29, 0.717) is 5.02 Å². The third-order valence-corrected chi connectivity index (χ3v) is 1.94. The van der Waals surface area contributed by atoms with E-state index in [2.05, 4.69) is 17.5 Å². The Labute approximate surface area is 81.7 Å². The zero-order chi connectivity index (χ0) is 9.14. The van der Waals surface area contributed by atoms with Gasteiger partial charge in [-0.25, -0.2) is 0 Å². The number of hydrogen-bond donors (Lipinski definition) is 1. The lowest BCUT2D eigenvalue weighted by Gasteiger charge is -2.04. The molecule has 2 N–H and O–H groups in total. The van der Waals surface area contributed by atoms with Crippen molar-refractivity contribution in [3.05, 3.63) is 28.8 Å². The highest BCUT2D eigenvalue weighted by atomic mass is 35.5. The van der Waals surface area contributed by atoms with E-state index in [-0.39, 0.29) is 5.11 Å². The van der Waals surface area contributed by atoms with Crippen molar-refractivity contribution < 1.29 is 0 Å². The minimum Gasteiger partial charge on any atom is -0.331 e. The van der Waals surface area contributed by atoms with E-state index in [9.17, 15) is 0 Å². The Morgan fingerprint density at radius 2 is 2.25 bits per heavy atom. The van der Waals surface area contributed by atoms with E-state index in [1.807, 2.05) is 19.1 Å². The van der Waals surface area contributed by atoms with Crippen molar-refractivity contribution in [2.75, 3.05) is 5.32 Å². The minimum absolute atomic E-state index is 0.00470. The molecule has 0 aliphatic heterocycles. The number of anilines is 1. The molecule has 0 fully saturated rings. The SMILES string of the molecule is Cc1ccc(NC([NH])=S)cc1Cl. The van der Waals surface area contributed by atoms with Crippen molar-refractivity contribution in [1.82, 2.24) is 5.73 Å². The Balaban J connectivity index is 2.89. The molecule has 0 aromatic heterocycles. The maximum absolute atomic E-state index is 7.02. The van der Waals surface area contributed by atoms with Crippen molar-refractivity contribution in [1.29, 1.82) is 0 Å². The predicted molar refractivity (Wildman–Crippen MR) is 55.5 cm³/mol. The summed E-state index contributed by atoms with van der Waals surface area (Å²) >= 11 is 10.4. The van der Waals surface area contributed by atoms with Gasteiger partial charge in [-0.1, -0.05) is 17.7 Å². The van der Waals surface area contributed by atoms with Crippen LogP contribution in [0.25, 0.3) is 0 Å². The lowest BCUT2D eigenvalue weighted by Crippen LogP contribution is -2.08. The molecule has 4 heteroatoms. The van der Waals surface area contributed by atoms with Crippen LogP contribution < -0.4 is 11.1 Å². The van der Waals surface area contributed by atoms with E-state index in [1.54, 1.807) is 6.07 Å². The van der Waals surface area contributed by atoms with Crippen LogP contribution in [0.5, 0.6) is 0 Å². The monoisotopic (exact) mass is 199 g/mol. The van der Waals surface area contributed by atoms with Crippen LogP contribution in [-0.4, -0.2) is 5.11 Å². The molecule has 0 amide bonds. The molecular weight excluding hydrogens is 192 g/mol. The largest absolute Gasteiger partial charge is 0.331 e. The molecule has 0 saturated carbocycles. The average Bonchev–Trinajstić information content (AvgIpc) is 1.96. The second kappa shape index (κ2) is 3.74. The summed E-state index contributed by atoms with van der Waals surface area (Å²) in [6, 6.07) is 5.46. The fraction of sp³-hybridized carbons (Fsp3) is 0.125. The molecule has 0 saturated heterocycles. The first kappa shape index (κ1) is 9.29. The third kappa shape index (κ3) is 2.36. The van der Waals surface area contributed by atoms with Crippen LogP contribution in [0.1, 0.15) is 5.56 Å². The van der Waals surface area contributed by atoms with Gasteiger partial charge in [-0.05, 0) is 36.8 Å². The van der Waals surface area contributed by atoms with Crippen LogP contribution in [0.4, 0.5) is 5.69 Å². The molecule has 0 bridgehead atoms. The predicted octanol–water partition coefficient (Wildman–Crippen LogP) is 2.63. The van der Waals surface area contributed by atoms with Gasteiger partial charge >= 0.3 is 0 Å². The molecule has 0 atom stereocenters. The number of rotatable bonds is 1. The molecule has 0 aliphatic rings. The van der Waals surface area contributed by atoms with Crippen LogP contribution in [0.3, 0.4) is 0 Å². The number of thiocarbonyl (C=S) groups is 1. The Kier molecular flexibility index (Phi) is 2.89. The number of benzene rings is 1. The van der Waals surface area contributed by atoms with Crippen LogP contribution in [0.2, 0.25) is 5.02 Å². The maximum Gasteiger partial charge on any atom is 0.189 e. The minimum atomic E-state index is -0.00470. The zero-order valence-corrected chi connectivity index (χ0v) is 8.09. The van der Waals surface area contributed by atoms with Gasteiger partial charge < -0.3 is 5.32 Å². The normalized spacial score (nSPS) is 9.50. The Morgan fingerprint density at radius 3 is 2.75 bits per heavy atom. The van der Waals surface area contributed by atoms with Crippen LogP contribution in [0, 0.1) is 6.92 Å². The van der Waals surface area contributed by atoms with Gasteiger partial charge in [0.2, 0.25) is 0 Å². The first-order valence-electron chi connectivity index (χ1n) is 3.38. The van der Waals surface area contributed by atoms with Crippen LogP contribution in [0.15, 0.2) is 18.2 Å². The molecule has 1 radical (unpaired) electrons. The van der Waals surface area contributed by atoms with Gasteiger partial charge in [0.1, 0.15) is 0 Å². The van der Waals surface area contributed by atoms with E-state index in [0.717, 1.165) is 11.3 Å². The number of aryl methyl sites for hydroxylation is 1. The number of nitrogens with one attached hydrogen (secondary N) is 2. The summed E-state index contributed by atoms with van der Waals surface area (Å²) in [4.78, 5) is 0. The first-order chi connectivity index (χ1) is 5.59. The summed E-state index contributed by atoms with van der Waals surface area (Å²) in [6.07, 6.45) is 0. The van der Waals surface area contributed by atoms with Crippen molar-refractivity contribution >= 4 is 34.6 Å². The van der Waals surface area contributed by atoms with E-state index in [1.165, 1.54) is 0 Å². The summed E-state index contributed by atoms with van der Waals surface area (Å²) < 4.78 is 0. The van der Waals surface area contributed by atoms with Gasteiger partial charge in [-0.3, -0.25) is 5.73 Å². The van der Waals surface area contributed by atoms with Gasteiger partial charge in [0.25, 0.3) is 0 Å². The molecule has 0 spiro atoms. The number of halogens is 1. The summed E-state index contributed by atoms with van der Waals surface area (Å²) in [6.45, 7) is 1.92. The summed E-state index contributed by atoms with van der Waals surface area (Å²) in [5.41, 5.74) is 8.78.